The number of carbonyl (C=O) groups is 1. The molecule has 2 rings (SSSR count). The highest BCUT2D eigenvalue weighted by Gasteiger charge is 2.35. The van der Waals surface area contributed by atoms with Crippen LogP contribution in [0.3, 0.4) is 0 Å². The van der Waals surface area contributed by atoms with E-state index in [1.165, 1.54) is 6.42 Å². The Morgan fingerprint density at radius 2 is 1.94 bits per heavy atom. The molecule has 0 atom stereocenters. The van der Waals surface area contributed by atoms with Gasteiger partial charge < -0.3 is 11.1 Å². The number of nitrogens with two attached hydrogens (primary N) is 1. The molecule has 1 fully saturated rings. The van der Waals surface area contributed by atoms with Gasteiger partial charge in [-0.25, -0.2) is 0 Å². The molecule has 1 amide bonds. The average Bonchev–Trinajstić information content (AvgIpc) is 2.57. The van der Waals surface area contributed by atoms with Gasteiger partial charge >= 0.3 is 0 Å². The molecule has 5 nitrogen and oxygen atoms in total. The minimum Gasteiger partial charge on any atom is -0.321 e. The Morgan fingerprint density at radius 1 is 1.33 bits per heavy atom. The fourth-order valence-electron chi connectivity index (χ4n) is 2.60. The summed E-state index contributed by atoms with van der Waals surface area (Å²) in [6.45, 7) is 3.84. The molecule has 0 radical (unpaired) electrons. The molecule has 0 bridgehead atoms. The molecule has 1 aromatic heterocycles. The van der Waals surface area contributed by atoms with E-state index in [-0.39, 0.29) is 5.91 Å². The van der Waals surface area contributed by atoms with Gasteiger partial charge in [0, 0.05) is 7.05 Å². The second-order valence-corrected chi connectivity index (χ2v) is 5.34. The van der Waals surface area contributed by atoms with Gasteiger partial charge in [-0.3, -0.25) is 9.48 Å². The standard InChI is InChI=1S/C13H22N4O/c1-9-11(10(2)17(3)16-9)15-12(18)13(14)7-5-4-6-8-13/h4-8,14H2,1-3H3,(H,15,18). The van der Waals surface area contributed by atoms with Gasteiger partial charge in [-0.15, -0.1) is 0 Å². The first kappa shape index (κ1) is 13.1. The zero-order valence-corrected chi connectivity index (χ0v) is 11.4. The van der Waals surface area contributed by atoms with E-state index in [0.717, 1.165) is 42.8 Å². The van der Waals surface area contributed by atoms with Gasteiger partial charge in [-0.1, -0.05) is 19.3 Å². The summed E-state index contributed by atoms with van der Waals surface area (Å²) in [5, 5.41) is 7.25. The highest BCUT2D eigenvalue weighted by molar-refractivity contribution is 5.98. The first-order chi connectivity index (χ1) is 8.44. The number of carbonyl (C=O) groups excluding carboxylic acids is 1. The van der Waals surface area contributed by atoms with Crippen molar-refractivity contribution in [2.24, 2.45) is 12.8 Å². The predicted molar refractivity (Wildman–Crippen MR) is 71.3 cm³/mol. The number of aromatic nitrogens is 2. The number of hydrogen-bond acceptors (Lipinski definition) is 3. The molecular formula is C13H22N4O. The summed E-state index contributed by atoms with van der Waals surface area (Å²) in [5.41, 5.74) is 8.11. The van der Waals surface area contributed by atoms with Crippen LogP contribution in [0.25, 0.3) is 0 Å². The lowest BCUT2D eigenvalue weighted by molar-refractivity contribution is -0.122. The van der Waals surface area contributed by atoms with E-state index >= 15 is 0 Å². The van der Waals surface area contributed by atoms with Crippen molar-refractivity contribution in [1.29, 1.82) is 0 Å². The molecule has 18 heavy (non-hydrogen) atoms. The van der Waals surface area contributed by atoms with Crippen molar-refractivity contribution in [3.8, 4) is 0 Å². The van der Waals surface area contributed by atoms with Crippen LogP contribution in [0, 0.1) is 13.8 Å². The van der Waals surface area contributed by atoms with Crippen molar-refractivity contribution in [2.45, 2.75) is 51.5 Å². The van der Waals surface area contributed by atoms with Crippen molar-refractivity contribution in [3.63, 3.8) is 0 Å². The number of nitrogens with one attached hydrogen (secondary N) is 1. The smallest absolute Gasteiger partial charge is 0.244 e. The van der Waals surface area contributed by atoms with Crippen molar-refractivity contribution in [1.82, 2.24) is 9.78 Å². The summed E-state index contributed by atoms with van der Waals surface area (Å²) in [7, 11) is 1.87. The average molecular weight is 250 g/mol. The van der Waals surface area contributed by atoms with E-state index in [2.05, 4.69) is 10.4 Å². The summed E-state index contributed by atoms with van der Waals surface area (Å²) in [4.78, 5) is 12.3. The lowest BCUT2D eigenvalue weighted by atomic mass is 9.82. The molecule has 100 valence electrons. The lowest BCUT2D eigenvalue weighted by Crippen LogP contribution is -2.52. The Bertz CT molecular complexity index is 458. The summed E-state index contributed by atoms with van der Waals surface area (Å²) in [5.74, 6) is -0.0681. The molecular weight excluding hydrogens is 228 g/mol. The van der Waals surface area contributed by atoms with Crippen LogP contribution in [0.1, 0.15) is 43.5 Å². The zero-order chi connectivity index (χ0) is 13.3. The molecule has 1 aliphatic carbocycles. The van der Waals surface area contributed by atoms with Crippen LogP contribution in [0.15, 0.2) is 0 Å². The van der Waals surface area contributed by atoms with Crippen molar-refractivity contribution in [3.05, 3.63) is 11.4 Å². The number of amides is 1. The first-order valence-electron chi connectivity index (χ1n) is 6.54. The maximum atomic E-state index is 12.3. The Kier molecular flexibility index (Phi) is 3.43. The van der Waals surface area contributed by atoms with Gasteiger partial charge in [0.1, 0.15) is 0 Å². The molecule has 5 heteroatoms. The SMILES string of the molecule is Cc1nn(C)c(C)c1NC(=O)C1(N)CCCCC1. The van der Waals surface area contributed by atoms with Crippen LogP contribution in [0.5, 0.6) is 0 Å². The molecule has 3 N–H and O–H groups in total. The fourth-order valence-corrected chi connectivity index (χ4v) is 2.60. The van der Waals surface area contributed by atoms with Crippen LogP contribution in [0.2, 0.25) is 0 Å². The summed E-state index contributed by atoms with van der Waals surface area (Å²) in [6.07, 6.45) is 4.80. The largest absolute Gasteiger partial charge is 0.321 e. The van der Waals surface area contributed by atoms with Gasteiger partial charge in [-0.2, -0.15) is 5.10 Å². The van der Waals surface area contributed by atoms with Crippen molar-refractivity contribution < 1.29 is 4.79 Å². The molecule has 1 heterocycles. The molecule has 0 aliphatic heterocycles. The fraction of sp³-hybridized carbons (Fsp3) is 0.692. The summed E-state index contributed by atoms with van der Waals surface area (Å²) < 4.78 is 1.77. The second kappa shape index (κ2) is 4.72. The third-order valence-electron chi connectivity index (χ3n) is 3.95. The predicted octanol–water partition coefficient (Wildman–Crippen LogP) is 1.64. The van der Waals surface area contributed by atoms with Gasteiger partial charge in [0.05, 0.1) is 22.6 Å². The van der Waals surface area contributed by atoms with Crippen LogP contribution in [0.4, 0.5) is 5.69 Å². The van der Waals surface area contributed by atoms with Crippen molar-refractivity contribution >= 4 is 11.6 Å². The van der Waals surface area contributed by atoms with Crippen LogP contribution < -0.4 is 11.1 Å². The summed E-state index contributed by atoms with van der Waals surface area (Å²) in [6, 6.07) is 0. The van der Waals surface area contributed by atoms with E-state index in [1.807, 2.05) is 20.9 Å². The zero-order valence-electron chi connectivity index (χ0n) is 11.4. The van der Waals surface area contributed by atoms with E-state index in [0.29, 0.717) is 0 Å². The number of rotatable bonds is 2. The number of hydrogen-bond donors (Lipinski definition) is 2. The Labute approximate surface area is 108 Å². The van der Waals surface area contributed by atoms with E-state index in [4.69, 9.17) is 5.73 Å². The first-order valence-corrected chi connectivity index (χ1v) is 6.54. The maximum absolute atomic E-state index is 12.3. The molecule has 1 saturated carbocycles. The summed E-state index contributed by atoms with van der Waals surface area (Å²) >= 11 is 0. The van der Waals surface area contributed by atoms with Crippen LogP contribution in [-0.2, 0) is 11.8 Å². The van der Waals surface area contributed by atoms with E-state index in [9.17, 15) is 4.79 Å². The Balaban J connectivity index is 2.16. The molecule has 0 aromatic carbocycles. The highest BCUT2D eigenvalue weighted by atomic mass is 16.2. The topological polar surface area (TPSA) is 72.9 Å². The van der Waals surface area contributed by atoms with Crippen LogP contribution >= 0.6 is 0 Å². The maximum Gasteiger partial charge on any atom is 0.244 e. The third-order valence-corrected chi connectivity index (χ3v) is 3.95. The number of anilines is 1. The number of nitrogens with zero attached hydrogens (tertiary/aromatic N) is 2. The third kappa shape index (κ3) is 2.27. The molecule has 1 aromatic rings. The molecule has 0 spiro atoms. The number of aryl methyl sites for hydroxylation is 2. The van der Waals surface area contributed by atoms with Gasteiger partial charge in [0.2, 0.25) is 5.91 Å². The monoisotopic (exact) mass is 250 g/mol. The van der Waals surface area contributed by atoms with Gasteiger partial charge in [0.25, 0.3) is 0 Å². The Hall–Kier alpha value is -1.36. The minimum atomic E-state index is -0.701. The van der Waals surface area contributed by atoms with Gasteiger partial charge in [-0.05, 0) is 26.7 Å². The van der Waals surface area contributed by atoms with Crippen LogP contribution in [-0.4, -0.2) is 21.2 Å². The second-order valence-electron chi connectivity index (χ2n) is 5.34. The van der Waals surface area contributed by atoms with E-state index < -0.39 is 5.54 Å². The molecule has 0 unspecified atom stereocenters. The molecule has 1 aliphatic rings. The minimum absolute atomic E-state index is 0.0681. The molecule has 0 saturated heterocycles. The quantitative estimate of drug-likeness (QED) is 0.838. The normalized spacial score (nSPS) is 18.7. The highest BCUT2D eigenvalue weighted by Crippen LogP contribution is 2.28. The van der Waals surface area contributed by atoms with E-state index in [1.54, 1.807) is 4.68 Å². The lowest BCUT2D eigenvalue weighted by Gasteiger charge is -2.31. The Morgan fingerprint density at radius 3 is 2.44 bits per heavy atom. The van der Waals surface area contributed by atoms with Gasteiger partial charge in [0.15, 0.2) is 0 Å². The van der Waals surface area contributed by atoms with Crippen molar-refractivity contribution in [2.75, 3.05) is 5.32 Å².